The SMILES string of the molecule is COc1ccc(Cl)c(/C(O)=C2\C(=O)C(=O)N(c3ccccc3O)C2c2cccnc2)c1. The summed E-state index contributed by atoms with van der Waals surface area (Å²) >= 11 is 6.27. The van der Waals surface area contributed by atoms with E-state index in [-0.39, 0.29) is 27.6 Å². The van der Waals surface area contributed by atoms with E-state index in [9.17, 15) is 19.8 Å². The Balaban J connectivity index is 1.99. The van der Waals surface area contributed by atoms with E-state index < -0.39 is 23.5 Å². The van der Waals surface area contributed by atoms with Gasteiger partial charge in [-0.05, 0) is 42.0 Å². The fraction of sp³-hybridized carbons (Fsp3) is 0.0870. The summed E-state index contributed by atoms with van der Waals surface area (Å²) in [5.74, 6) is -2.02. The lowest BCUT2D eigenvalue weighted by Crippen LogP contribution is -2.29. The quantitative estimate of drug-likeness (QED) is 0.363. The third-order valence-corrected chi connectivity index (χ3v) is 5.34. The van der Waals surface area contributed by atoms with E-state index in [1.165, 1.54) is 37.6 Å². The van der Waals surface area contributed by atoms with Crippen molar-refractivity contribution in [1.82, 2.24) is 4.98 Å². The van der Waals surface area contributed by atoms with E-state index in [2.05, 4.69) is 4.98 Å². The van der Waals surface area contributed by atoms with E-state index in [1.807, 2.05) is 0 Å². The second kappa shape index (κ2) is 8.12. The summed E-state index contributed by atoms with van der Waals surface area (Å²) in [4.78, 5) is 31.3. The number of phenols is 1. The van der Waals surface area contributed by atoms with Gasteiger partial charge in [0.1, 0.15) is 17.3 Å². The van der Waals surface area contributed by atoms with Crippen LogP contribution in [0.25, 0.3) is 5.76 Å². The molecule has 1 aliphatic rings. The molecule has 1 fully saturated rings. The Kier molecular flexibility index (Phi) is 5.35. The number of aliphatic hydroxyl groups is 1. The summed E-state index contributed by atoms with van der Waals surface area (Å²) in [6.45, 7) is 0. The molecular formula is C23H17ClN2O5. The number of aromatic nitrogens is 1. The van der Waals surface area contributed by atoms with Gasteiger partial charge in [0.25, 0.3) is 11.7 Å². The summed E-state index contributed by atoms with van der Waals surface area (Å²) in [5.41, 5.74) is 0.585. The lowest BCUT2D eigenvalue weighted by Gasteiger charge is -2.25. The summed E-state index contributed by atoms with van der Waals surface area (Å²) in [6.07, 6.45) is 3.04. The van der Waals surface area contributed by atoms with Gasteiger partial charge < -0.3 is 14.9 Å². The smallest absolute Gasteiger partial charge is 0.300 e. The van der Waals surface area contributed by atoms with E-state index in [0.29, 0.717) is 11.3 Å². The van der Waals surface area contributed by atoms with Crippen LogP contribution in [0.3, 0.4) is 0 Å². The standard InChI is InChI=1S/C23H17ClN2O5/c1-31-14-8-9-16(24)15(11-14)21(28)19-20(13-5-4-10-25-12-13)26(23(30)22(19)29)17-6-2-3-7-18(17)27/h2-12,20,27-28H,1H3/b21-19+. The number of hydrogen-bond acceptors (Lipinski definition) is 6. The topological polar surface area (TPSA) is 100.0 Å². The van der Waals surface area contributed by atoms with Gasteiger partial charge in [-0.2, -0.15) is 0 Å². The molecule has 1 atom stereocenters. The number of amides is 1. The second-order valence-electron chi connectivity index (χ2n) is 6.79. The zero-order valence-corrected chi connectivity index (χ0v) is 17.1. The maximum atomic E-state index is 13.1. The highest BCUT2D eigenvalue weighted by atomic mass is 35.5. The van der Waals surface area contributed by atoms with Crippen LogP contribution < -0.4 is 9.64 Å². The molecule has 2 heterocycles. The number of ether oxygens (including phenoxy) is 1. The van der Waals surface area contributed by atoms with Crippen molar-refractivity contribution in [3.8, 4) is 11.5 Å². The Morgan fingerprint density at radius 1 is 1.13 bits per heavy atom. The maximum Gasteiger partial charge on any atom is 0.300 e. The number of para-hydroxylation sites is 2. The van der Waals surface area contributed by atoms with Crippen molar-refractivity contribution in [2.75, 3.05) is 12.0 Å². The van der Waals surface area contributed by atoms with E-state index in [1.54, 1.807) is 36.5 Å². The number of phenolic OH excluding ortho intramolecular Hbond substituents is 1. The highest BCUT2D eigenvalue weighted by Gasteiger charge is 2.48. The second-order valence-corrected chi connectivity index (χ2v) is 7.20. The largest absolute Gasteiger partial charge is 0.507 e. The predicted octanol–water partition coefficient (Wildman–Crippen LogP) is 4.08. The molecular weight excluding hydrogens is 420 g/mol. The van der Waals surface area contributed by atoms with Crippen molar-refractivity contribution in [3.05, 3.63) is 88.7 Å². The van der Waals surface area contributed by atoms with Crippen molar-refractivity contribution in [1.29, 1.82) is 0 Å². The van der Waals surface area contributed by atoms with Gasteiger partial charge in [0.05, 0.1) is 29.4 Å². The van der Waals surface area contributed by atoms with Crippen LogP contribution in [-0.2, 0) is 9.59 Å². The van der Waals surface area contributed by atoms with Crippen molar-refractivity contribution >= 4 is 34.7 Å². The molecule has 7 nitrogen and oxygen atoms in total. The average Bonchev–Trinajstić information content (AvgIpc) is 3.05. The number of aromatic hydroxyl groups is 1. The summed E-state index contributed by atoms with van der Waals surface area (Å²) in [5, 5.41) is 21.7. The third kappa shape index (κ3) is 3.49. The van der Waals surface area contributed by atoms with Crippen molar-refractivity contribution < 1.29 is 24.5 Å². The highest BCUT2D eigenvalue weighted by molar-refractivity contribution is 6.52. The Morgan fingerprint density at radius 3 is 2.58 bits per heavy atom. The number of aliphatic hydroxyl groups excluding tert-OH is 1. The molecule has 2 aromatic carbocycles. The number of rotatable bonds is 4. The van der Waals surface area contributed by atoms with Crippen molar-refractivity contribution in [2.24, 2.45) is 0 Å². The van der Waals surface area contributed by atoms with E-state index in [0.717, 1.165) is 4.90 Å². The van der Waals surface area contributed by atoms with Gasteiger partial charge in [0.15, 0.2) is 0 Å². The first-order valence-electron chi connectivity index (χ1n) is 9.27. The fourth-order valence-electron chi connectivity index (χ4n) is 3.56. The number of benzene rings is 2. The zero-order chi connectivity index (χ0) is 22.1. The molecule has 3 aromatic rings. The monoisotopic (exact) mass is 436 g/mol. The number of hydrogen-bond donors (Lipinski definition) is 2. The van der Waals surface area contributed by atoms with Crippen molar-refractivity contribution in [2.45, 2.75) is 6.04 Å². The first kappa shape index (κ1) is 20.4. The fourth-order valence-corrected chi connectivity index (χ4v) is 3.77. The molecule has 0 saturated carbocycles. The molecule has 1 amide bonds. The number of anilines is 1. The molecule has 0 aliphatic carbocycles. The molecule has 156 valence electrons. The number of carbonyl (C=O) groups excluding carboxylic acids is 2. The van der Waals surface area contributed by atoms with Crippen LogP contribution in [0.15, 0.2) is 72.6 Å². The molecule has 31 heavy (non-hydrogen) atoms. The Labute approximate surface area is 182 Å². The van der Waals surface area contributed by atoms with Gasteiger partial charge in [-0.3, -0.25) is 19.5 Å². The number of nitrogens with zero attached hydrogens (tertiary/aromatic N) is 2. The highest BCUT2D eigenvalue weighted by Crippen LogP contribution is 2.45. The van der Waals surface area contributed by atoms with Gasteiger partial charge in [-0.15, -0.1) is 0 Å². The van der Waals surface area contributed by atoms with Crippen LogP contribution in [0.4, 0.5) is 5.69 Å². The predicted molar refractivity (Wildman–Crippen MR) is 115 cm³/mol. The summed E-state index contributed by atoms with van der Waals surface area (Å²) in [6, 6.07) is 13.1. The first-order chi connectivity index (χ1) is 14.9. The molecule has 8 heteroatoms. The Bertz CT molecular complexity index is 1210. The number of halogens is 1. The third-order valence-electron chi connectivity index (χ3n) is 5.01. The van der Waals surface area contributed by atoms with Gasteiger partial charge in [0, 0.05) is 18.0 Å². The minimum atomic E-state index is -1.02. The molecule has 1 aromatic heterocycles. The molecule has 4 rings (SSSR count). The first-order valence-corrected chi connectivity index (χ1v) is 9.64. The number of carbonyl (C=O) groups is 2. The maximum absolute atomic E-state index is 13.1. The van der Waals surface area contributed by atoms with Crippen LogP contribution in [-0.4, -0.2) is 34.0 Å². The van der Waals surface area contributed by atoms with Gasteiger partial charge in [-0.1, -0.05) is 29.8 Å². The van der Waals surface area contributed by atoms with Crippen LogP contribution in [0, 0.1) is 0 Å². The lowest BCUT2D eigenvalue weighted by molar-refractivity contribution is -0.132. The van der Waals surface area contributed by atoms with Crippen molar-refractivity contribution in [3.63, 3.8) is 0 Å². The molecule has 1 unspecified atom stereocenters. The molecule has 0 radical (unpaired) electrons. The zero-order valence-electron chi connectivity index (χ0n) is 16.3. The molecule has 0 bridgehead atoms. The van der Waals surface area contributed by atoms with Gasteiger partial charge >= 0.3 is 0 Å². The van der Waals surface area contributed by atoms with Crippen LogP contribution in [0.2, 0.25) is 5.02 Å². The summed E-state index contributed by atoms with van der Waals surface area (Å²) in [7, 11) is 1.46. The number of methoxy groups -OCH3 is 1. The number of ketones is 1. The number of Topliss-reactive ketones (excluding diaryl/α,β-unsaturated/α-hetero) is 1. The minimum Gasteiger partial charge on any atom is -0.507 e. The molecule has 1 saturated heterocycles. The molecule has 2 N–H and O–H groups in total. The minimum absolute atomic E-state index is 0.134. The average molecular weight is 437 g/mol. The summed E-state index contributed by atoms with van der Waals surface area (Å²) < 4.78 is 5.19. The van der Waals surface area contributed by atoms with Crippen LogP contribution in [0.5, 0.6) is 11.5 Å². The Morgan fingerprint density at radius 2 is 1.90 bits per heavy atom. The molecule has 1 aliphatic heterocycles. The Hall–Kier alpha value is -3.84. The van der Waals surface area contributed by atoms with Crippen LogP contribution in [0.1, 0.15) is 17.2 Å². The van der Waals surface area contributed by atoms with Gasteiger partial charge in [0.2, 0.25) is 0 Å². The van der Waals surface area contributed by atoms with Gasteiger partial charge in [-0.25, -0.2) is 0 Å². The number of pyridine rings is 1. The van der Waals surface area contributed by atoms with E-state index >= 15 is 0 Å². The molecule has 0 spiro atoms. The normalized spacial score (nSPS) is 17.7. The van der Waals surface area contributed by atoms with Crippen LogP contribution >= 0.6 is 11.6 Å². The van der Waals surface area contributed by atoms with E-state index in [4.69, 9.17) is 16.3 Å². The lowest BCUT2D eigenvalue weighted by atomic mass is 9.96.